The van der Waals surface area contributed by atoms with E-state index in [0.717, 1.165) is 0 Å². The first-order chi connectivity index (χ1) is 11.6. The number of piperazine rings is 1. The van der Waals surface area contributed by atoms with Crippen LogP contribution >= 0.6 is 0 Å². The van der Waals surface area contributed by atoms with Gasteiger partial charge in [0.05, 0.1) is 18.4 Å². The lowest BCUT2D eigenvalue weighted by Crippen LogP contribution is -2.53. The Morgan fingerprint density at radius 2 is 1.75 bits per heavy atom. The largest absolute Gasteiger partial charge is 0.507 e. The summed E-state index contributed by atoms with van der Waals surface area (Å²) in [4.78, 5) is 27.8. The van der Waals surface area contributed by atoms with E-state index in [4.69, 9.17) is 4.42 Å². The van der Waals surface area contributed by atoms with Crippen LogP contribution in [-0.2, 0) is 6.54 Å². The van der Waals surface area contributed by atoms with Crippen molar-refractivity contribution in [1.82, 2.24) is 15.1 Å². The Hall–Kier alpha value is -2.96. The highest BCUT2D eigenvalue weighted by Crippen LogP contribution is 2.18. The van der Waals surface area contributed by atoms with Crippen LogP contribution in [0.2, 0.25) is 0 Å². The van der Waals surface area contributed by atoms with Crippen LogP contribution in [0.3, 0.4) is 0 Å². The molecule has 24 heavy (non-hydrogen) atoms. The van der Waals surface area contributed by atoms with Crippen molar-refractivity contribution in [1.29, 1.82) is 0 Å². The Kier molecular flexibility index (Phi) is 4.69. The first-order valence-electron chi connectivity index (χ1n) is 7.77. The zero-order chi connectivity index (χ0) is 16.9. The smallest absolute Gasteiger partial charge is 0.317 e. The number of furan rings is 1. The number of hydrogen-bond acceptors (Lipinski definition) is 4. The SMILES string of the molecule is O=C(NCc1ccco1)N1CCN(C(=O)c2ccccc2O)CC1. The van der Waals surface area contributed by atoms with E-state index in [9.17, 15) is 14.7 Å². The molecule has 3 amide bonds. The summed E-state index contributed by atoms with van der Waals surface area (Å²) in [5.41, 5.74) is 0.285. The summed E-state index contributed by atoms with van der Waals surface area (Å²) in [6, 6.07) is 9.86. The zero-order valence-electron chi connectivity index (χ0n) is 13.1. The highest BCUT2D eigenvalue weighted by Gasteiger charge is 2.25. The molecule has 0 atom stereocenters. The van der Waals surface area contributed by atoms with Crippen molar-refractivity contribution in [3.63, 3.8) is 0 Å². The maximum atomic E-state index is 12.4. The standard InChI is InChI=1S/C17H19N3O4/c21-15-6-2-1-5-14(15)16(22)19-7-9-20(10-8-19)17(23)18-12-13-4-3-11-24-13/h1-6,11,21H,7-10,12H2,(H,18,23). The minimum Gasteiger partial charge on any atom is -0.507 e. The quantitative estimate of drug-likeness (QED) is 0.896. The second-order valence-electron chi connectivity index (χ2n) is 5.53. The Balaban J connectivity index is 1.51. The lowest BCUT2D eigenvalue weighted by atomic mass is 10.1. The topological polar surface area (TPSA) is 86.0 Å². The van der Waals surface area contributed by atoms with E-state index >= 15 is 0 Å². The number of nitrogens with one attached hydrogen (secondary N) is 1. The minimum absolute atomic E-state index is 0.0267. The number of phenolic OH excluding ortho intramolecular Hbond substituents is 1. The predicted octanol–water partition coefficient (Wildman–Crippen LogP) is 1.65. The number of benzene rings is 1. The fraction of sp³-hybridized carbons (Fsp3) is 0.294. The average molecular weight is 329 g/mol. The molecule has 2 N–H and O–H groups in total. The summed E-state index contributed by atoms with van der Waals surface area (Å²) in [6.45, 7) is 2.10. The molecule has 1 saturated heterocycles. The van der Waals surface area contributed by atoms with Gasteiger partial charge in [-0.05, 0) is 24.3 Å². The molecule has 7 heteroatoms. The molecule has 1 fully saturated rings. The van der Waals surface area contributed by atoms with Crippen LogP contribution in [-0.4, -0.2) is 53.0 Å². The van der Waals surface area contributed by atoms with E-state index in [2.05, 4.69) is 5.32 Å². The van der Waals surface area contributed by atoms with E-state index in [1.54, 1.807) is 46.4 Å². The van der Waals surface area contributed by atoms with Gasteiger partial charge in [-0.25, -0.2) is 4.79 Å². The summed E-state index contributed by atoms with van der Waals surface area (Å²) in [7, 11) is 0. The molecule has 1 aromatic carbocycles. The fourth-order valence-electron chi connectivity index (χ4n) is 2.63. The number of amides is 3. The molecule has 126 valence electrons. The van der Waals surface area contributed by atoms with Crippen molar-refractivity contribution in [2.24, 2.45) is 0 Å². The van der Waals surface area contributed by atoms with Crippen LogP contribution in [0.4, 0.5) is 4.79 Å². The number of carbonyl (C=O) groups excluding carboxylic acids is 2. The number of hydrogen-bond donors (Lipinski definition) is 2. The zero-order valence-corrected chi connectivity index (χ0v) is 13.1. The van der Waals surface area contributed by atoms with Gasteiger partial charge in [0.1, 0.15) is 11.5 Å². The van der Waals surface area contributed by atoms with Gasteiger partial charge in [-0.3, -0.25) is 4.79 Å². The Labute approximate surface area is 139 Å². The van der Waals surface area contributed by atoms with Gasteiger partial charge in [-0.15, -0.1) is 0 Å². The summed E-state index contributed by atoms with van der Waals surface area (Å²) < 4.78 is 5.17. The van der Waals surface area contributed by atoms with Gasteiger partial charge in [0.25, 0.3) is 5.91 Å². The van der Waals surface area contributed by atoms with Crippen LogP contribution in [0, 0.1) is 0 Å². The lowest BCUT2D eigenvalue weighted by Gasteiger charge is -2.34. The van der Waals surface area contributed by atoms with E-state index in [0.29, 0.717) is 38.5 Å². The number of urea groups is 1. The Bertz CT molecular complexity index is 706. The van der Waals surface area contributed by atoms with E-state index < -0.39 is 0 Å². The van der Waals surface area contributed by atoms with Crippen LogP contribution in [0.15, 0.2) is 47.1 Å². The lowest BCUT2D eigenvalue weighted by molar-refractivity contribution is 0.0661. The van der Waals surface area contributed by atoms with E-state index in [1.165, 1.54) is 6.07 Å². The molecular weight excluding hydrogens is 310 g/mol. The number of carbonyl (C=O) groups is 2. The van der Waals surface area contributed by atoms with E-state index in [-0.39, 0.29) is 23.3 Å². The van der Waals surface area contributed by atoms with Crippen molar-refractivity contribution in [2.75, 3.05) is 26.2 Å². The summed E-state index contributed by atoms with van der Waals surface area (Å²) in [5, 5.41) is 12.6. The van der Waals surface area contributed by atoms with Gasteiger partial charge in [0.15, 0.2) is 0 Å². The van der Waals surface area contributed by atoms with Crippen LogP contribution < -0.4 is 5.32 Å². The summed E-state index contributed by atoms with van der Waals surface area (Å²) >= 11 is 0. The highest BCUT2D eigenvalue weighted by molar-refractivity contribution is 5.96. The summed E-state index contributed by atoms with van der Waals surface area (Å²) in [6.07, 6.45) is 1.56. The van der Waals surface area contributed by atoms with Gasteiger partial charge in [0.2, 0.25) is 0 Å². The normalized spacial score (nSPS) is 14.5. The third kappa shape index (κ3) is 3.51. The van der Waals surface area contributed by atoms with Crippen molar-refractivity contribution in [3.05, 3.63) is 54.0 Å². The number of nitrogens with zero attached hydrogens (tertiary/aromatic N) is 2. The second-order valence-corrected chi connectivity index (χ2v) is 5.53. The number of rotatable bonds is 3. The molecule has 2 aromatic rings. The molecule has 0 radical (unpaired) electrons. The molecule has 0 unspecified atom stereocenters. The third-order valence-electron chi connectivity index (χ3n) is 3.98. The molecule has 1 aliphatic rings. The van der Waals surface area contributed by atoms with Crippen molar-refractivity contribution < 1.29 is 19.1 Å². The Morgan fingerprint density at radius 3 is 2.42 bits per heavy atom. The molecule has 2 heterocycles. The number of para-hydroxylation sites is 1. The molecule has 7 nitrogen and oxygen atoms in total. The fourth-order valence-corrected chi connectivity index (χ4v) is 2.63. The highest BCUT2D eigenvalue weighted by atomic mass is 16.3. The molecular formula is C17H19N3O4. The molecule has 0 saturated carbocycles. The molecule has 3 rings (SSSR count). The van der Waals surface area contributed by atoms with Gasteiger partial charge in [0, 0.05) is 26.2 Å². The third-order valence-corrected chi connectivity index (χ3v) is 3.98. The molecule has 0 spiro atoms. The summed E-state index contributed by atoms with van der Waals surface area (Å²) in [5.74, 6) is 0.446. The van der Waals surface area contributed by atoms with Gasteiger partial charge >= 0.3 is 6.03 Å². The number of aromatic hydroxyl groups is 1. The monoisotopic (exact) mass is 329 g/mol. The number of phenols is 1. The first-order valence-corrected chi connectivity index (χ1v) is 7.77. The molecule has 0 aliphatic carbocycles. The minimum atomic E-state index is -0.219. The molecule has 1 aliphatic heterocycles. The Morgan fingerprint density at radius 1 is 1.04 bits per heavy atom. The maximum Gasteiger partial charge on any atom is 0.317 e. The van der Waals surface area contributed by atoms with E-state index in [1.807, 2.05) is 0 Å². The van der Waals surface area contributed by atoms with Gasteiger partial charge in [-0.1, -0.05) is 12.1 Å². The second kappa shape index (κ2) is 7.08. The van der Waals surface area contributed by atoms with Crippen LogP contribution in [0.5, 0.6) is 5.75 Å². The molecule has 1 aromatic heterocycles. The van der Waals surface area contributed by atoms with Crippen molar-refractivity contribution in [3.8, 4) is 5.75 Å². The molecule has 0 bridgehead atoms. The average Bonchev–Trinajstić information content (AvgIpc) is 3.13. The predicted molar refractivity (Wildman–Crippen MR) is 86.5 cm³/mol. The maximum absolute atomic E-state index is 12.4. The van der Waals surface area contributed by atoms with Crippen LogP contribution in [0.1, 0.15) is 16.1 Å². The first kappa shape index (κ1) is 15.9. The van der Waals surface area contributed by atoms with Gasteiger partial charge in [-0.2, -0.15) is 0 Å². The van der Waals surface area contributed by atoms with Crippen LogP contribution in [0.25, 0.3) is 0 Å². The van der Waals surface area contributed by atoms with Gasteiger partial charge < -0.3 is 24.6 Å². The van der Waals surface area contributed by atoms with Crippen molar-refractivity contribution in [2.45, 2.75) is 6.54 Å². The van der Waals surface area contributed by atoms with Crippen molar-refractivity contribution >= 4 is 11.9 Å².